The molecule has 0 spiro atoms. The van der Waals surface area contributed by atoms with E-state index in [1.165, 1.54) is 0 Å². The molecule has 6 heteroatoms. The van der Waals surface area contributed by atoms with Crippen molar-refractivity contribution < 1.29 is 14.6 Å². The number of thiazole rings is 1. The van der Waals surface area contributed by atoms with Gasteiger partial charge in [0.2, 0.25) is 0 Å². The fraction of sp³-hybridized carbons (Fsp3) is 0.211. The van der Waals surface area contributed by atoms with E-state index >= 15 is 0 Å². The van der Waals surface area contributed by atoms with E-state index in [0.717, 1.165) is 38.4 Å². The Balaban J connectivity index is 1.71. The van der Waals surface area contributed by atoms with Gasteiger partial charge in [0.15, 0.2) is 11.5 Å². The molecule has 0 aliphatic rings. The first kappa shape index (κ1) is 17.6. The predicted molar refractivity (Wildman–Crippen MR) is 103 cm³/mol. The Bertz CT molecular complexity index is 831. The quantitative estimate of drug-likeness (QED) is 0.576. The lowest BCUT2D eigenvalue weighted by Crippen LogP contribution is -1.95. The molecule has 0 atom stereocenters. The van der Waals surface area contributed by atoms with Crippen LogP contribution < -0.4 is 9.47 Å². The smallest absolute Gasteiger partial charge is 0.161 e. The highest BCUT2D eigenvalue weighted by atomic mass is 32.2. The fourth-order valence-electron chi connectivity index (χ4n) is 2.28. The van der Waals surface area contributed by atoms with E-state index in [1.807, 2.05) is 37.3 Å². The van der Waals surface area contributed by atoms with Crippen molar-refractivity contribution in [2.24, 2.45) is 0 Å². The number of nitrogens with zero attached hydrogens (tertiary/aromatic N) is 1. The molecule has 0 aliphatic heterocycles. The third-order valence-corrected chi connectivity index (χ3v) is 5.47. The van der Waals surface area contributed by atoms with Gasteiger partial charge in [-0.2, -0.15) is 0 Å². The van der Waals surface area contributed by atoms with Crippen molar-refractivity contribution in [2.75, 3.05) is 13.7 Å². The number of phenolic OH excluding ortho intramolecular Hbond substituents is 1. The summed E-state index contributed by atoms with van der Waals surface area (Å²) in [5.74, 6) is 2.53. The SMILES string of the molecule is CCOc1ccc(-c2nc(CSc3ccc(O)cc3)cs2)cc1OC. The molecule has 0 fully saturated rings. The van der Waals surface area contributed by atoms with E-state index < -0.39 is 0 Å². The third-order valence-electron chi connectivity index (χ3n) is 3.49. The van der Waals surface area contributed by atoms with Crippen molar-refractivity contribution in [2.45, 2.75) is 17.6 Å². The Morgan fingerprint density at radius 3 is 2.64 bits per heavy atom. The first-order valence-corrected chi connectivity index (χ1v) is 9.73. The second kappa shape index (κ2) is 8.27. The fourth-order valence-corrected chi connectivity index (χ4v) is 3.99. The summed E-state index contributed by atoms with van der Waals surface area (Å²) >= 11 is 3.31. The maximum atomic E-state index is 9.33. The summed E-state index contributed by atoms with van der Waals surface area (Å²) in [6.45, 7) is 2.55. The molecule has 0 saturated carbocycles. The van der Waals surface area contributed by atoms with Crippen LogP contribution in [0.4, 0.5) is 0 Å². The number of methoxy groups -OCH3 is 1. The lowest BCUT2D eigenvalue weighted by molar-refractivity contribution is 0.311. The van der Waals surface area contributed by atoms with Crippen LogP contribution in [-0.2, 0) is 5.75 Å². The highest BCUT2D eigenvalue weighted by molar-refractivity contribution is 7.98. The summed E-state index contributed by atoms with van der Waals surface area (Å²) < 4.78 is 11.0. The van der Waals surface area contributed by atoms with E-state index in [-0.39, 0.29) is 5.75 Å². The molecule has 0 bridgehead atoms. The van der Waals surface area contributed by atoms with Gasteiger partial charge in [0, 0.05) is 21.6 Å². The van der Waals surface area contributed by atoms with Gasteiger partial charge in [0.05, 0.1) is 19.4 Å². The van der Waals surface area contributed by atoms with E-state index in [2.05, 4.69) is 5.38 Å². The maximum Gasteiger partial charge on any atom is 0.161 e. The molecule has 3 aromatic rings. The van der Waals surface area contributed by atoms with Gasteiger partial charge in [-0.05, 0) is 49.4 Å². The van der Waals surface area contributed by atoms with Crippen LogP contribution in [0.25, 0.3) is 10.6 Å². The molecule has 130 valence electrons. The molecule has 0 aliphatic carbocycles. The maximum absolute atomic E-state index is 9.33. The highest BCUT2D eigenvalue weighted by Crippen LogP contribution is 2.34. The third kappa shape index (κ3) is 4.46. The Morgan fingerprint density at radius 1 is 1.12 bits per heavy atom. The number of aromatic hydroxyl groups is 1. The Morgan fingerprint density at radius 2 is 1.92 bits per heavy atom. The minimum atomic E-state index is 0.282. The van der Waals surface area contributed by atoms with Gasteiger partial charge >= 0.3 is 0 Å². The minimum Gasteiger partial charge on any atom is -0.508 e. The molecule has 1 heterocycles. The first-order valence-electron chi connectivity index (χ1n) is 7.87. The normalized spacial score (nSPS) is 10.6. The molecule has 25 heavy (non-hydrogen) atoms. The summed E-state index contributed by atoms with van der Waals surface area (Å²) in [5, 5.41) is 12.4. The van der Waals surface area contributed by atoms with Crippen LogP contribution in [0.5, 0.6) is 17.2 Å². The molecular weight excluding hydrogens is 354 g/mol. The number of hydrogen-bond acceptors (Lipinski definition) is 6. The lowest BCUT2D eigenvalue weighted by atomic mass is 10.2. The van der Waals surface area contributed by atoms with Crippen molar-refractivity contribution >= 4 is 23.1 Å². The first-order chi connectivity index (χ1) is 12.2. The molecule has 0 amide bonds. The van der Waals surface area contributed by atoms with Gasteiger partial charge in [-0.1, -0.05) is 0 Å². The van der Waals surface area contributed by atoms with Crippen molar-refractivity contribution in [1.29, 1.82) is 0 Å². The van der Waals surface area contributed by atoms with Crippen LogP contribution in [0.3, 0.4) is 0 Å². The predicted octanol–water partition coefficient (Wildman–Crippen LogP) is 5.22. The molecule has 1 aromatic heterocycles. The molecular formula is C19H19NO3S2. The summed E-state index contributed by atoms with van der Waals surface area (Å²) in [4.78, 5) is 5.82. The lowest BCUT2D eigenvalue weighted by Gasteiger charge is -2.09. The summed E-state index contributed by atoms with van der Waals surface area (Å²) in [6, 6.07) is 13.1. The minimum absolute atomic E-state index is 0.282. The van der Waals surface area contributed by atoms with Crippen LogP contribution in [0.15, 0.2) is 52.7 Å². The number of ether oxygens (including phenoxy) is 2. The van der Waals surface area contributed by atoms with E-state index in [4.69, 9.17) is 14.5 Å². The van der Waals surface area contributed by atoms with Gasteiger partial charge in [-0.15, -0.1) is 23.1 Å². The largest absolute Gasteiger partial charge is 0.508 e. The van der Waals surface area contributed by atoms with E-state index in [1.54, 1.807) is 42.3 Å². The molecule has 0 unspecified atom stereocenters. The molecule has 0 radical (unpaired) electrons. The van der Waals surface area contributed by atoms with Gasteiger partial charge in [-0.3, -0.25) is 0 Å². The molecule has 0 saturated heterocycles. The van der Waals surface area contributed by atoms with Crippen LogP contribution in [0.2, 0.25) is 0 Å². The number of benzene rings is 2. The van der Waals surface area contributed by atoms with E-state index in [9.17, 15) is 5.11 Å². The van der Waals surface area contributed by atoms with Crippen molar-refractivity contribution in [3.63, 3.8) is 0 Å². The van der Waals surface area contributed by atoms with Crippen LogP contribution >= 0.6 is 23.1 Å². The second-order valence-corrected chi connectivity index (χ2v) is 7.13. The molecule has 1 N–H and O–H groups in total. The summed E-state index contributed by atoms with van der Waals surface area (Å²) in [7, 11) is 1.64. The molecule has 3 rings (SSSR count). The zero-order valence-electron chi connectivity index (χ0n) is 14.1. The second-order valence-electron chi connectivity index (χ2n) is 5.23. The zero-order chi connectivity index (χ0) is 17.6. The topological polar surface area (TPSA) is 51.6 Å². The average molecular weight is 373 g/mol. The van der Waals surface area contributed by atoms with Crippen LogP contribution in [-0.4, -0.2) is 23.8 Å². The standard InChI is InChI=1S/C19H19NO3S2/c1-3-23-17-9-4-13(10-18(17)22-2)19-20-14(12-25-19)11-24-16-7-5-15(21)6-8-16/h4-10,12,21H,3,11H2,1-2H3. The Hall–Kier alpha value is -2.18. The number of rotatable bonds is 7. The highest BCUT2D eigenvalue weighted by Gasteiger charge is 2.10. The van der Waals surface area contributed by atoms with Crippen molar-refractivity contribution in [3.8, 4) is 27.8 Å². The average Bonchev–Trinajstić information content (AvgIpc) is 3.11. The Labute approximate surface area is 155 Å². The van der Waals surface area contributed by atoms with Crippen molar-refractivity contribution in [1.82, 2.24) is 4.98 Å². The van der Waals surface area contributed by atoms with E-state index in [0.29, 0.717) is 6.61 Å². The van der Waals surface area contributed by atoms with Gasteiger partial charge in [0.25, 0.3) is 0 Å². The van der Waals surface area contributed by atoms with Crippen molar-refractivity contribution in [3.05, 3.63) is 53.5 Å². The van der Waals surface area contributed by atoms with Crippen LogP contribution in [0.1, 0.15) is 12.6 Å². The molecule has 4 nitrogen and oxygen atoms in total. The number of phenols is 1. The van der Waals surface area contributed by atoms with Gasteiger partial charge < -0.3 is 14.6 Å². The van der Waals surface area contributed by atoms with Gasteiger partial charge in [0.1, 0.15) is 10.8 Å². The zero-order valence-corrected chi connectivity index (χ0v) is 15.7. The number of hydrogen-bond donors (Lipinski definition) is 1. The van der Waals surface area contributed by atoms with Gasteiger partial charge in [-0.25, -0.2) is 4.98 Å². The summed E-state index contributed by atoms with van der Waals surface area (Å²) in [6.07, 6.45) is 0. The Kier molecular flexibility index (Phi) is 5.83. The monoisotopic (exact) mass is 373 g/mol. The van der Waals surface area contributed by atoms with Crippen LogP contribution in [0, 0.1) is 0 Å². The number of thioether (sulfide) groups is 1. The molecule has 2 aromatic carbocycles. The summed E-state index contributed by atoms with van der Waals surface area (Å²) in [5.41, 5.74) is 2.05. The number of aromatic nitrogens is 1.